The minimum absolute atomic E-state index is 0.00137. The van der Waals surface area contributed by atoms with Crippen molar-refractivity contribution in [1.82, 2.24) is 14.9 Å². The first kappa shape index (κ1) is 12.1. The van der Waals surface area contributed by atoms with Crippen molar-refractivity contribution in [1.29, 1.82) is 0 Å². The quantitative estimate of drug-likeness (QED) is 0.875. The highest BCUT2D eigenvalue weighted by Crippen LogP contribution is 2.20. The second-order valence-corrected chi connectivity index (χ2v) is 5.19. The fraction of sp³-hybridized carbons (Fsp3) is 0.308. The smallest absolute Gasteiger partial charge is 0.251 e. The Morgan fingerprint density at radius 3 is 3.05 bits per heavy atom. The average Bonchev–Trinajstić information content (AvgIpc) is 3.09. The van der Waals surface area contributed by atoms with Crippen LogP contribution in [0.4, 0.5) is 5.69 Å². The Hall–Kier alpha value is -1.95. The van der Waals surface area contributed by atoms with E-state index in [-0.39, 0.29) is 5.91 Å². The lowest BCUT2D eigenvalue weighted by atomic mass is 10.2. The maximum atomic E-state index is 11.9. The van der Waals surface area contributed by atoms with Crippen LogP contribution in [0.25, 0.3) is 0 Å². The van der Waals surface area contributed by atoms with Gasteiger partial charge in [0.2, 0.25) is 0 Å². The summed E-state index contributed by atoms with van der Waals surface area (Å²) in [6, 6.07) is 7.88. The molecule has 1 fully saturated rings. The zero-order valence-corrected chi connectivity index (χ0v) is 11.1. The number of nitrogens with one attached hydrogen (secondary N) is 2. The van der Waals surface area contributed by atoms with Crippen molar-refractivity contribution >= 4 is 23.1 Å². The van der Waals surface area contributed by atoms with E-state index in [9.17, 15) is 4.79 Å². The van der Waals surface area contributed by atoms with Crippen molar-refractivity contribution in [2.45, 2.75) is 25.4 Å². The van der Waals surface area contributed by atoms with Crippen LogP contribution in [0.15, 0.2) is 29.6 Å². The fourth-order valence-electron chi connectivity index (χ4n) is 1.72. The van der Waals surface area contributed by atoms with Gasteiger partial charge in [-0.3, -0.25) is 4.79 Å². The summed E-state index contributed by atoms with van der Waals surface area (Å²) < 4.78 is 3.81. The summed E-state index contributed by atoms with van der Waals surface area (Å²) in [6.07, 6.45) is 2.20. The molecule has 5 nitrogen and oxygen atoms in total. The Balaban J connectivity index is 1.63. The number of carbonyl (C=O) groups excluding carboxylic acids is 1. The molecule has 1 heterocycles. The van der Waals surface area contributed by atoms with Crippen LogP contribution in [0.3, 0.4) is 0 Å². The van der Waals surface area contributed by atoms with Gasteiger partial charge in [0.1, 0.15) is 0 Å². The molecule has 3 rings (SSSR count). The van der Waals surface area contributed by atoms with Crippen molar-refractivity contribution in [2.24, 2.45) is 0 Å². The Labute approximate surface area is 115 Å². The number of amides is 1. The van der Waals surface area contributed by atoms with Crippen LogP contribution in [0, 0.1) is 0 Å². The van der Waals surface area contributed by atoms with E-state index in [0.29, 0.717) is 18.2 Å². The Kier molecular flexibility index (Phi) is 3.41. The second-order valence-electron chi connectivity index (χ2n) is 4.58. The highest BCUT2D eigenvalue weighted by molar-refractivity contribution is 7.03. The zero-order valence-electron chi connectivity index (χ0n) is 10.3. The number of benzene rings is 1. The number of rotatable bonds is 5. The first-order valence-corrected chi connectivity index (χ1v) is 7.05. The predicted octanol–water partition coefficient (Wildman–Crippen LogP) is 2.04. The first-order chi connectivity index (χ1) is 9.31. The SMILES string of the molecule is O=C(NC1CC1)c1cccc(NCc2csnn2)c1. The van der Waals surface area contributed by atoms with Crippen molar-refractivity contribution in [3.05, 3.63) is 40.9 Å². The Morgan fingerprint density at radius 1 is 1.42 bits per heavy atom. The van der Waals surface area contributed by atoms with Gasteiger partial charge >= 0.3 is 0 Å². The molecular weight excluding hydrogens is 260 g/mol. The van der Waals surface area contributed by atoms with Crippen LogP contribution in [0.5, 0.6) is 0 Å². The summed E-state index contributed by atoms with van der Waals surface area (Å²) >= 11 is 1.33. The molecule has 0 unspecified atom stereocenters. The van der Waals surface area contributed by atoms with Crippen LogP contribution in [-0.2, 0) is 6.54 Å². The molecule has 1 saturated carbocycles. The largest absolute Gasteiger partial charge is 0.379 e. The lowest BCUT2D eigenvalue weighted by Gasteiger charge is -2.07. The van der Waals surface area contributed by atoms with Gasteiger partial charge in [0, 0.05) is 22.7 Å². The van der Waals surface area contributed by atoms with Gasteiger partial charge in [-0.1, -0.05) is 10.6 Å². The summed E-state index contributed by atoms with van der Waals surface area (Å²) in [5.74, 6) is 0.00137. The first-order valence-electron chi connectivity index (χ1n) is 6.22. The van der Waals surface area contributed by atoms with Gasteiger partial charge in [0.15, 0.2) is 0 Å². The molecule has 2 N–H and O–H groups in total. The van der Waals surface area contributed by atoms with E-state index < -0.39 is 0 Å². The molecule has 6 heteroatoms. The van der Waals surface area contributed by atoms with E-state index in [1.807, 2.05) is 29.6 Å². The molecule has 0 aliphatic heterocycles. The number of hydrogen-bond donors (Lipinski definition) is 2. The fourth-order valence-corrected chi connectivity index (χ4v) is 2.17. The van der Waals surface area contributed by atoms with Crippen molar-refractivity contribution < 1.29 is 4.79 Å². The van der Waals surface area contributed by atoms with Crippen LogP contribution in [0.2, 0.25) is 0 Å². The Bertz CT molecular complexity index is 566. The van der Waals surface area contributed by atoms with Crippen molar-refractivity contribution in [3.8, 4) is 0 Å². The van der Waals surface area contributed by atoms with E-state index in [1.54, 1.807) is 0 Å². The van der Waals surface area contributed by atoms with Crippen molar-refractivity contribution in [3.63, 3.8) is 0 Å². The molecule has 1 aromatic heterocycles. The van der Waals surface area contributed by atoms with Crippen molar-refractivity contribution in [2.75, 3.05) is 5.32 Å². The molecule has 1 amide bonds. The monoisotopic (exact) mass is 274 g/mol. The molecule has 0 saturated heterocycles. The summed E-state index contributed by atoms with van der Waals surface area (Å²) in [5, 5.41) is 12.1. The van der Waals surface area contributed by atoms with Gasteiger partial charge in [-0.25, -0.2) is 0 Å². The third-order valence-electron chi connectivity index (χ3n) is 2.92. The topological polar surface area (TPSA) is 66.9 Å². The van der Waals surface area contributed by atoms with Crippen LogP contribution >= 0.6 is 11.5 Å². The molecule has 0 radical (unpaired) electrons. The lowest BCUT2D eigenvalue weighted by Crippen LogP contribution is -2.25. The summed E-state index contributed by atoms with van der Waals surface area (Å²) in [4.78, 5) is 11.9. The van der Waals surface area contributed by atoms with Crippen LogP contribution in [0.1, 0.15) is 28.9 Å². The van der Waals surface area contributed by atoms with E-state index in [0.717, 1.165) is 24.2 Å². The zero-order chi connectivity index (χ0) is 13.1. The van der Waals surface area contributed by atoms with Gasteiger partial charge in [0.05, 0.1) is 12.2 Å². The molecule has 0 atom stereocenters. The molecule has 98 valence electrons. The van der Waals surface area contributed by atoms with Crippen LogP contribution < -0.4 is 10.6 Å². The average molecular weight is 274 g/mol. The maximum absolute atomic E-state index is 11.9. The molecule has 19 heavy (non-hydrogen) atoms. The molecular formula is C13H14N4OS. The Morgan fingerprint density at radius 2 is 2.32 bits per heavy atom. The van der Waals surface area contributed by atoms with E-state index in [1.165, 1.54) is 11.5 Å². The molecule has 0 spiro atoms. The third kappa shape index (κ3) is 3.29. The number of hydrogen-bond acceptors (Lipinski definition) is 5. The second kappa shape index (κ2) is 5.36. The summed E-state index contributed by atoms with van der Waals surface area (Å²) in [6.45, 7) is 0.615. The number of nitrogens with zero attached hydrogens (tertiary/aromatic N) is 2. The van der Waals surface area contributed by atoms with Gasteiger partial charge < -0.3 is 10.6 Å². The highest BCUT2D eigenvalue weighted by Gasteiger charge is 2.23. The lowest BCUT2D eigenvalue weighted by molar-refractivity contribution is 0.0951. The third-order valence-corrected chi connectivity index (χ3v) is 3.47. The van der Waals surface area contributed by atoms with Gasteiger partial charge in [-0.15, -0.1) is 5.10 Å². The molecule has 1 aromatic carbocycles. The highest BCUT2D eigenvalue weighted by atomic mass is 32.1. The molecule has 0 bridgehead atoms. The maximum Gasteiger partial charge on any atom is 0.251 e. The number of aromatic nitrogens is 2. The van der Waals surface area contributed by atoms with Gasteiger partial charge in [-0.2, -0.15) is 0 Å². The molecule has 2 aromatic rings. The van der Waals surface area contributed by atoms with E-state index in [2.05, 4.69) is 20.2 Å². The number of carbonyl (C=O) groups is 1. The summed E-state index contributed by atoms with van der Waals surface area (Å²) in [5.41, 5.74) is 2.50. The minimum atomic E-state index is 0.00137. The number of anilines is 1. The van der Waals surface area contributed by atoms with E-state index in [4.69, 9.17) is 0 Å². The standard InChI is InChI=1S/C13H14N4OS/c18-13(15-10-4-5-10)9-2-1-3-11(6-9)14-7-12-8-19-17-16-12/h1-3,6,8,10,14H,4-5,7H2,(H,15,18). The molecule has 1 aliphatic carbocycles. The van der Waals surface area contributed by atoms with Crippen LogP contribution in [-0.4, -0.2) is 21.5 Å². The van der Waals surface area contributed by atoms with Gasteiger partial charge in [0.25, 0.3) is 5.91 Å². The summed E-state index contributed by atoms with van der Waals surface area (Å²) in [7, 11) is 0. The van der Waals surface area contributed by atoms with E-state index >= 15 is 0 Å². The predicted molar refractivity (Wildman–Crippen MR) is 74.2 cm³/mol. The molecule has 1 aliphatic rings. The minimum Gasteiger partial charge on any atom is -0.379 e. The normalized spacial score (nSPS) is 14.1. The van der Waals surface area contributed by atoms with Gasteiger partial charge in [-0.05, 0) is 42.6 Å².